The Bertz CT molecular complexity index is 510. The summed E-state index contributed by atoms with van der Waals surface area (Å²) in [6.07, 6.45) is 0.0468. The number of halogens is 3. The number of nitro benzene ring substituents is 1. The molecule has 104 valence electrons. The lowest BCUT2D eigenvalue weighted by Crippen LogP contribution is -2.20. The maximum absolute atomic E-state index is 11.5. The molecule has 5 nitrogen and oxygen atoms in total. The van der Waals surface area contributed by atoms with Crippen molar-refractivity contribution in [1.29, 1.82) is 0 Å². The van der Waals surface area contributed by atoms with Crippen LogP contribution in [0.4, 0.5) is 5.69 Å². The molecule has 0 amide bonds. The first-order chi connectivity index (χ1) is 8.86. The molecule has 0 aliphatic rings. The van der Waals surface area contributed by atoms with Crippen molar-refractivity contribution in [3.8, 4) is 0 Å². The number of benzene rings is 1. The summed E-state index contributed by atoms with van der Waals surface area (Å²) in [5.74, 6) is -0.497. The van der Waals surface area contributed by atoms with Gasteiger partial charge in [-0.15, -0.1) is 0 Å². The van der Waals surface area contributed by atoms with Crippen molar-refractivity contribution < 1.29 is 14.5 Å². The highest BCUT2D eigenvalue weighted by atomic mass is 79.9. The van der Waals surface area contributed by atoms with Gasteiger partial charge in [-0.1, -0.05) is 39.1 Å². The van der Waals surface area contributed by atoms with Crippen molar-refractivity contribution in [2.24, 2.45) is 0 Å². The molecule has 0 aliphatic heterocycles. The molecular formula is C11H10BrCl2NO4. The molecule has 0 saturated heterocycles. The van der Waals surface area contributed by atoms with E-state index in [-0.39, 0.29) is 34.3 Å². The average Bonchev–Trinajstić information content (AvgIpc) is 2.32. The average molecular weight is 371 g/mol. The van der Waals surface area contributed by atoms with Crippen LogP contribution in [0, 0.1) is 10.1 Å². The van der Waals surface area contributed by atoms with Crippen molar-refractivity contribution in [2.45, 2.75) is 18.2 Å². The van der Waals surface area contributed by atoms with Gasteiger partial charge in [-0.2, -0.15) is 0 Å². The zero-order valence-corrected chi connectivity index (χ0v) is 13.0. The van der Waals surface area contributed by atoms with Crippen LogP contribution in [-0.4, -0.2) is 22.3 Å². The van der Waals surface area contributed by atoms with E-state index in [1.165, 1.54) is 12.1 Å². The van der Waals surface area contributed by atoms with Gasteiger partial charge in [0.15, 0.2) is 0 Å². The lowest BCUT2D eigenvalue weighted by Gasteiger charge is -2.11. The minimum absolute atomic E-state index is 0.0468. The fourth-order valence-corrected chi connectivity index (χ4v) is 2.47. The predicted molar refractivity (Wildman–Crippen MR) is 76.2 cm³/mol. The molecule has 0 N–H and O–H groups in total. The molecule has 0 spiro atoms. The second kappa shape index (κ2) is 7.07. The molecule has 1 aromatic rings. The number of hydrogen-bond donors (Lipinski definition) is 0. The van der Waals surface area contributed by atoms with Crippen LogP contribution in [0.2, 0.25) is 10.0 Å². The highest BCUT2D eigenvalue weighted by Crippen LogP contribution is 2.32. The summed E-state index contributed by atoms with van der Waals surface area (Å²) in [7, 11) is 0. The monoisotopic (exact) mass is 369 g/mol. The minimum atomic E-state index is -0.704. The highest BCUT2D eigenvalue weighted by Gasteiger charge is 2.25. The Labute approximate surface area is 128 Å². The maximum atomic E-state index is 11.5. The van der Waals surface area contributed by atoms with Gasteiger partial charge in [0.25, 0.3) is 5.69 Å². The first-order valence-electron chi connectivity index (χ1n) is 5.29. The van der Waals surface area contributed by atoms with Gasteiger partial charge in [0, 0.05) is 17.5 Å². The molecule has 0 radical (unpaired) electrons. The van der Waals surface area contributed by atoms with Crippen molar-refractivity contribution in [3.63, 3.8) is 0 Å². The van der Waals surface area contributed by atoms with E-state index in [0.29, 0.717) is 0 Å². The van der Waals surface area contributed by atoms with Crippen LogP contribution >= 0.6 is 39.1 Å². The Morgan fingerprint density at radius 3 is 2.68 bits per heavy atom. The smallest absolute Gasteiger partial charge is 0.320 e. The van der Waals surface area contributed by atoms with Gasteiger partial charge in [-0.05, 0) is 13.0 Å². The molecule has 19 heavy (non-hydrogen) atoms. The van der Waals surface area contributed by atoms with Gasteiger partial charge in [-0.3, -0.25) is 14.9 Å². The maximum Gasteiger partial charge on any atom is 0.320 e. The Morgan fingerprint density at radius 1 is 1.53 bits per heavy atom. The normalized spacial score (nSPS) is 12.0. The lowest BCUT2D eigenvalue weighted by atomic mass is 10.1. The van der Waals surface area contributed by atoms with Gasteiger partial charge >= 0.3 is 5.97 Å². The number of carbonyl (C=O) groups excluding carboxylic acids is 1. The Balaban J connectivity index is 3.06. The molecule has 0 fully saturated rings. The number of carbonyl (C=O) groups is 1. The zero-order valence-electron chi connectivity index (χ0n) is 9.86. The van der Waals surface area contributed by atoms with Crippen LogP contribution in [0.1, 0.15) is 12.5 Å². The number of nitrogens with zero attached hydrogens (tertiary/aromatic N) is 1. The van der Waals surface area contributed by atoms with E-state index in [1.807, 2.05) is 0 Å². The molecule has 0 bridgehead atoms. The van der Waals surface area contributed by atoms with Crippen molar-refractivity contribution >= 4 is 50.8 Å². The Kier molecular flexibility index (Phi) is 6.03. The van der Waals surface area contributed by atoms with Crippen molar-refractivity contribution in [3.05, 3.63) is 37.9 Å². The van der Waals surface area contributed by atoms with E-state index in [9.17, 15) is 14.9 Å². The molecule has 1 atom stereocenters. The molecule has 0 aromatic heterocycles. The third kappa shape index (κ3) is 4.33. The van der Waals surface area contributed by atoms with E-state index in [2.05, 4.69) is 15.9 Å². The third-order valence-corrected chi connectivity index (χ3v) is 3.51. The van der Waals surface area contributed by atoms with E-state index in [4.69, 9.17) is 27.9 Å². The molecule has 1 rings (SSSR count). The Morgan fingerprint density at radius 2 is 2.16 bits per heavy atom. The molecule has 1 unspecified atom stereocenters. The van der Waals surface area contributed by atoms with Crippen molar-refractivity contribution in [2.75, 3.05) is 6.61 Å². The third-order valence-electron chi connectivity index (χ3n) is 2.26. The van der Waals surface area contributed by atoms with E-state index in [0.717, 1.165) is 0 Å². The summed E-state index contributed by atoms with van der Waals surface area (Å²) < 4.78 is 4.82. The van der Waals surface area contributed by atoms with Gasteiger partial charge in [0.2, 0.25) is 0 Å². The van der Waals surface area contributed by atoms with E-state index >= 15 is 0 Å². The van der Waals surface area contributed by atoms with E-state index < -0.39 is 15.7 Å². The molecule has 8 heteroatoms. The first-order valence-corrected chi connectivity index (χ1v) is 6.97. The van der Waals surface area contributed by atoms with Gasteiger partial charge < -0.3 is 4.74 Å². The van der Waals surface area contributed by atoms with Gasteiger partial charge in [-0.25, -0.2) is 0 Å². The highest BCUT2D eigenvalue weighted by molar-refractivity contribution is 9.10. The predicted octanol–water partition coefficient (Wildman–Crippen LogP) is 3.77. The summed E-state index contributed by atoms with van der Waals surface area (Å²) in [6, 6.07) is 2.60. The summed E-state index contributed by atoms with van der Waals surface area (Å²) in [5.41, 5.74) is 0.0252. The summed E-state index contributed by atoms with van der Waals surface area (Å²) in [4.78, 5) is 21.2. The molecular weight excluding hydrogens is 361 g/mol. The largest absolute Gasteiger partial charge is 0.465 e. The second-order valence-corrected chi connectivity index (χ2v) is 5.52. The fourth-order valence-electron chi connectivity index (χ4n) is 1.45. The lowest BCUT2D eigenvalue weighted by molar-refractivity contribution is -0.385. The quantitative estimate of drug-likeness (QED) is 0.342. The van der Waals surface area contributed by atoms with Crippen LogP contribution in [0.25, 0.3) is 0 Å². The summed E-state index contributed by atoms with van der Waals surface area (Å²) >= 11 is 14.8. The number of hydrogen-bond acceptors (Lipinski definition) is 4. The number of alkyl halides is 1. The van der Waals surface area contributed by atoms with Crippen molar-refractivity contribution in [1.82, 2.24) is 0 Å². The first kappa shape index (κ1) is 16.2. The molecule has 0 heterocycles. The number of rotatable bonds is 5. The van der Waals surface area contributed by atoms with Crippen LogP contribution in [0.15, 0.2) is 12.1 Å². The van der Waals surface area contributed by atoms with Crippen LogP contribution in [-0.2, 0) is 16.0 Å². The number of ether oxygens (including phenoxy) is 1. The SMILES string of the molecule is CCOC(=O)C(Br)Cc1c(Cl)cc(Cl)cc1[N+](=O)[O-]. The van der Waals surface area contributed by atoms with Gasteiger partial charge in [0.1, 0.15) is 4.83 Å². The molecule has 0 saturated carbocycles. The Hall–Kier alpha value is -0.850. The summed E-state index contributed by atoms with van der Waals surface area (Å²) in [5, 5.41) is 11.3. The fraction of sp³-hybridized carbons (Fsp3) is 0.364. The standard InChI is InChI=1S/C11H10BrCl2NO4/c1-2-19-11(16)8(12)5-7-9(14)3-6(13)4-10(7)15(17)18/h3-4,8H,2,5H2,1H3. The molecule has 1 aromatic carbocycles. The van der Waals surface area contributed by atoms with Crippen LogP contribution in [0.3, 0.4) is 0 Å². The minimum Gasteiger partial charge on any atom is -0.465 e. The number of esters is 1. The van der Waals surface area contributed by atoms with E-state index in [1.54, 1.807) is 6.92 Å². The number of nitro groups is 1. The van der Waals surface area contributed by atoms with Gasteiger partial charge in [0.05, 0.1) is 22.1 Å². The topological polar surface area (TPSA) is 69.4 Å². The zero-order chi connectivity index (χ0) is 14.6. The van der Waals surface area contributed by atoms with Crippen LogP contribution in [0.5, 0.6) is 0 Å². The van der Waals surface area contributed by atoms with Crippen LogP contribution < -0.4 is 0 Å². The molecule has 0 aliphatic carbocycles. The summed E-state index contributed by atoms with van der Waals surface area (Å²) in [6.45, 7) is 1.91. The second-order valence-electron chi connectivity index (χ2n) is 3.57.